The molecule has 0 spiro atoms. The van der Waals surface area contributed by atoms with Crippen LogP contribution in [0, 0.1) is 38.2 Å². The average molecular weight is 864 g/mol. The highest BCUT2D eigenvalue weighted by atomic mass is 19.1. The van der Waals surface area contributed by atoms with Crippen molar-refractivity contribution in [2.24, 2.45) is 21.1 Å². The van der Waals surface area contributed by atoms with Crippen LogP contribution < -0.4 is 15.5 Å². The number of carbonyl (C=O) groups excluding carboxylic acids is 3. The predicted octanol–water partition coefficient (Wildman–Crippen LogP) is 9.84. The highest BCUT2D eigenvalue weighted by molar-refractivity contribution is 6.15. The van der Waals surface area contributed by atoms with Gasteiger partial charge in [-0.15, -0.1) is 0 Å². The van der Waals surface area contributed by atoms with E-state index in [9.17, 15) is 27.6 Å². The van der Waals surface area contributed by atoms with E-state index in [-0.39, 0.29) is 23.4 Å². The third-order valence-corrected chi connectivity index (χ3v) is 10.5. The minimum Gasteiger partial charge on any atom is -0.350 e. The summed E-state index contributed by atoms with van der Waals surface area (Å²) in [7, 11) is 7.26. The molecule has 6 aromatic heterocycles. The van der Waals surface area contributed by atoms with E-state index in [1.165, 1.54) is 36.4 Å². The Bertz CT molecular complexity index is 3210. The number of pyridine rings is 3. The first-order chi connectivity index (χ1) is 30.6. The van der Waals surface area contributed by atoms with Crippen LogP contribution in [0.25, 0.3) is 32.7 Å². The second-order valence-corrected chi connectivity index (χ2v) is 15.3. The average Bonchev–Trinajstić information content (AvgIpc) is 3.90. The Labute approximate surface area is 366 Å². The number of fused-ring (bicyclic) bond motifs is 3. The maximum absolute atomic E-state index is 13.5. The summed E-state index contributed by atoms with van der Waals surface area (Å²) >= 11 is 0. The molecule has 0 saturated carbocycles. The molecule has 3 aromatic carbocycles. The van der Waals surface area contributed by atoms with E-state index in [1.807, 2.05) is 74.5 Å². The molecule has 64 heavy (non-hydrogen) atoms. The van der Waals surface area contributed by atoms with Crippen molar-refractivity contribution in [1.82, 2.24) is 28.7 Å². The van der Waals surface area contributed by atoms with Gasteiger partial charge in [-0.1, -0.05) is 11.6 Å². The molecule has 0 aliphatic rings. The van der Waals surface area contributed by atoms with Crippen LogP contribution >= 0.6 is 0 Å². The second kappa shape index (κ2) is 18.5. The fraction of sp³-hybridized carbons (Fsp3) is 0.143. The van der Waals surface area contributed by atoms with Crippen LogP contribution in [0.2, 0.25) is 0 Å². The number of benzene rings is 3. The van der Waals surface area contributed by atoms with E-state index in [4.69, 9.17) is 0 Å². The summed E-state index contributed by atoms with van der Waals surface area (Å²) in [4.78, 5) is 51.1. The van der Waals surface area contributed by atoms with Gasteiger partial charge in [0.05, 0.1) is 22.9 Å². The zero-order valence-corrected chi connectivity index (χ0v) is 36.1. The first-order valence-electron chi connectivity index (χ1n) is 20.0. The monoisotopic (exact) mass is 863 g/mol. The third-order valence-electron chi connectivity index (χ3n) is 10.5. The molecule has 0 bridgehead atoms. The Hall–Kier alpha value is -8.07. The SMILES string of the molecule is Cc1cc(N(C)C(=O)c2cn(C)c3ccc(F)cc23)ccn1.Cc1ccc2c(c1)c(C(=O)Nc1ccnc(C)c1)cn2C.Cn1cc(C(=O)Nc2ccc(F)cn2)c2cc(F)ccc21. The normalized spacial score (nSPS) is 10.8. The molecule has 0 unspecified atom stereocenters. The molecule has 2 N–H and O–H groups in total. The molecule has 12 nitrogen and oxygen atoms in total. The van der Waals surface area contributed by atoms with Crippen molar-refractivity contribution >= 4 is 67.6 Å². The van der Waals surface area contributed by atoms with Crippen molar-refractivity contribution in [3.63, 3.8) is 0 Å². The zero-order chi connectivity index (χ0) is 45.8. The van der Waals surface area contributed by atoms with E-state index in [1.54, 1.807) is 72.6 Å². The van der Waals surface area contributed by atoms with E-state index in [0.717, 1.165) is 56.5 Å². The van der Waals surface area contributed by atoms with Gasteiger partial charge in [-0.05, 0) is 106 Å². The number of rotatable bonds is 6. The van der Waals surface area contributed by atoms with Gasteiger partial charge in [-0.3, -0.25) is 24.4 Å². The summed E-state index contributed by atoms with van der Waals surface area (Å²) in [6, 6.07) is 24.7. The van der Waals surface area contributed by atoms with Crippen LogP contribution in [0.3, 0.4) is 0 Å². The lowest BCUT2D eigenvalue weighted by Crippen LogP contribution is -2.26. The van der Waals surface area contributed by atoms with Crippen LogP contribution in [0.5, 0.6) is 0 Å². The highest BCUT2D eigenvalue weighted by Gasteiger charge is 2.20. The fourth-order valence-corrected chi connectivity index (χ4v) is 7.26. The van der Waals surface area contributed by atoms with Gasteiger partial charge in [0.1, 0.15) is 23.3 Å². The molecule has 3 amide bonds. The number of nitrogens with one attached hydrogen (secondary N) is 2. The number of anilines is 3. The number of amides is 3. The van der Waals surface area contributed by atoms with Gasteiger partial charge >= 0.3 is 0 Å². The van der Waals surface area contributed by atoms with Gasteiger partial charge < -0.3 is 29.2 Å². The second-order valence-electron chi connectivity index (χ2n) is 15.3. The van der Waals surface area contributed by atoms with Gasteiger partial charge in [0.15, 0.2) is 0 Å². The molecule has 0 radical (unpaired) electrons. The van der Waals surface area contributed by atoms with Crippen molar-refractivity contribution in [3.8, 4) is 0 Å². The Morgan fingerprint density at radius 2 is 1.05 bits per heavy atom. The van der Waals surface area contributed by atoms with E-state index < -0.39 is 17.5 Å². The van der Waals surface area contributed by atoms with Crippen LogP contribution in [-0.4, -0.2) is 53.4 Å². The molecule has 0 saturated heterocycles. The molecule has 6 heterocycles. The number of halogens is 3. The first kappa shape index (κ1) is 44.0. The summed E-state index contributed by atoms with van der Waals surface area (Å²) in [6.07, 6.45) is 9.58. The standard InChI is InChI=1S/C17H16FN3O.C17H17N3O.C15H11F2N3O/c1-11-8-13(6-7-19-11)21(3)17(22)15-10-20(2)16-5-4-12(18)9-14(15)16;1-11-4-5-16-14(8-11)15(10-20(16)3)17(21)19-13-6-7-18-12(2)9-13;1-20-8-12(11-6-9(16)2-4-13(11)20)15(21)19-14-5-3-10(17)7-18-14/h4-10H,1-3H3;4-10H,1-3H3,(H,18,19,21);2-8H,1H3,(H,18,19,21). The van der Waals surface area contributed by atoms with E-state index in [2.05, 4.69) is 31.7 Å². The van der Waals surface area contributed by atoms with Crippen LogP contribution in [0.15, 0.2) is 128 Å². The topological polar surface area (TPSA) is 132 Å². The number of nitrogens with zero attached hydrogens (tertiary/aromatic N) is 7. The minimum atomic E-state index is -0.486. The Kier molecular flexibility index (Phi) is 12.7. The molecule has 0 atom stereocenters. The summed E-state index contributed by atoms with van der Waals surface area (Å²) in [6.45, 7) is 5.80. The van der Waals surface area contributed by atoms with Gasteiger partial charge in [-0.25, -0.2) is 18.2 Å². The largest absolute Gasteiger partial charge is 0.350 e. The zero-order valence-electron chi connectivity index (χ0n) is 36.1. The molecule has 0 aliphatic heterocycles. The van der Waals surface area contributed by atoms with Gasteiger partial charge in [-0.2, -0.15) is 0 Å². The number of aryl methyl sites for hydroxylation is 6. The van der Waals surface area contributed by atoms with Gasteiger partial charge in [0.2, 0.25) is 0 Å². The Balaban J connectivity index is 0.000000144. The minimum absolute atomic E-state index is 0.100. The molecule has 324 valence electrons. The fourth-order valence-electron chi connectivity index (χ4n) is 7.26. The molecular formula is C49H44F3N9O3. The summed E-state index contributed by atoms with van der Waals surface area (Å²) in [5, 5.41) is 7.59. The number of aromatic nitrogens is 6. The lowest BCUT2D eigenvalue weighted by Gasteiger charge is -2.17. The van der Waals surface area contributed by atoms with Gasteiger partial charge in [0, 0.05) is 115 Å². The van der Waals surface area contributed by atoms with Crippen molar-refractivity contribution in [2.45, 2.75) is 20.8 Å². The summed E-state index contributed by atoms with van der Waals surface area (Å²) < 4.78 is 45.2. The van der Waals surface area contributed by atoms with Crippen LogP contribution in [-0.2, 0) is 21.1 Å². The summed E-state index contributed by atoms with van der Waals surface area (Å²) in [5.74, 6) is -1.73. The molecule has 9 rings (SSSR count). The lowest BCUT2D eigenvalue weighted by molar-refractivity contribution is 0.0991. The summed E-state index contributed by atoms with van der Waals surface area (Å²) in [5.41, 5.74) is 8.49. The third kappa shape index (κ3) is 9.68. The maximum Gasteiger partial charge on any atom is 0.260 e. The van der Waals surface area contributed by atoms with Crippen molar-refractivity contribution in [1.29, 1.82) is 0 Å². The molecule has 15 heteroatoms. The molecule has 0 aliphatic carbocycles. The van der Waals surface area contributed by atoms with E-state index in [0.29, 0.717) is 27.5 Å². The van der Waals surface area contributed by atoms with Crippen molar-refractivity contribution in [2.75, 3.05) is 22.6 Å². The lowest BCUT2D eigenvalue weighted by atomic mass is 10.1. The van der Waals surface area contributed by atoms with Crippen molar-refractivity contribution in [3.05, 3.63) is 179 Å². The Morgan fingerprint density at radius 3 is 1.61 bits per heavy atom. The van der Waals surface area contributed by atoms with Crippen molar-refractivity contribution < 1.29 is 27.6 Å². The number of hydrogen-bond acceptors (Lipinski definition) is 6. The quantitative estimate of drug-likeness (QED) is 0.171. The van der Waals surface area contributed by atoms with E-state index >= 15 is 0 Å². The molecular weight excluding hydrogens is 820 g/mol. The smallest absolute Gasteiger partial charge is 0.260 e. The molecule has 0 fully saturated rings. The van der Waals surface area contributed by atoms with Crippen LogP contribution in [0.1, 0.15) is 48.0 Å². The van der Waals surface area contributed by atoms with Gasteiger partial charge in [0.25, 0.3) is 17.7 Å². The Morgan fingerprint density at radius 1 is 0.547 bits per heavy atom. The molecule has 9 aromatic rings. The number of hydrogen-bond donors (Lipinski definition) is 2. The maximum atomic E-state index is 13.5. The first-order valence-corrected chi connectivity index (χ1v) is 20.0. The predicted molar refractivity (Wildman–Crippen MR) is 244 cm³/mol. The number of carbonyl (C=O) groups is 3. The highest BCUT2D eigenvalue weighted by Crippen LogP contribution is 2.27. The van der Waals surface area contributed by atoms with Crippen LogP contribution in [0.4, 0.5) is 30.4 Å².